The van der Waals surface area contributed by atoms with E-state index in [0.717, 1.165) is 5.56 Å². The van der Waals surface area contributed by atoms with Crippen LogP contribution in [0.1, 0.15) is 29.3 Å². The number of hydrogen-bond acceptors (Lipinski definition) is 3. The first kappa shape index (κ1) is 19.2. The number of rotatable bonds is 4. The van der Waals surface area contributed by atoms with Gasteiger partial charge in [0.1, 0.15) is 0 Å². The van der Waals surface area contributed by atoms with Crippen molar-refractivity contribution in [3.05, 3.63) is 69.1 Å². The van der Waals surface area contributed by atoms with Crippen LogP contribution in [-0.4, -0.2) is 39.5 Å². The summed E-state index contributed by atoms with van der Waals surface area (Å²) < 4.78 is 1.44. The standard InChI is InChI=1S/C20H21ClN2O4/c1-13-8-16(20(26)27)12-23(9-13)19(25)15-6-7-18(24)22(11-15)10-14-4-2-3-5-17(14)21/h2-7,11,13,16H,8-10,12H2,1H3,(H,26,27). The average Bonchev–Trinajstić information content (AvgIpc) is 2.64. The Morgan fingerprint density at radius 2 is 1.93 bits per heavy atom. The summed E-state index contributed by atoms with van der Waals surface area (Å²) in [5.74, 6) is -1.60. The summed E-state index contributed by atoms with van der Waals surface area (Å²) in [6.07, 6.45) is 2.08. The fraction of sp³-hybridized carbons (Fsp3) is 0.350. The molecule has 0 bridgehead atoms. The van der Waals surface area contributed by atoms with Crippen molar-refractivity contribution in [3.8, 4) is 0 Å². The summed E-state index contributed by atoms with van der Waals surface area (Å²) in [6.45, 7) is 2.88. The number of nitrogens with zero attached hydrogens (tertiary/aromatic N) is 2. The highest BCUT2D eigenvalue weighted by atomic mass is 35.5. The molecule has 1 aliphatic heterocycles. The Morgan fingerprint density at radius 3 is 2.63 bits per heavy atom. The summed E-state index contributed by atoms with van der Waals surface area (Å²) in [5, 5.41) is 9.85. The van der Waals surface area contributed by atoms with E-state index in [9.17, 15) is 19.5 Å². The quantitative estimate of drug-likeness (QED) is 0.873. The van der Waals surface area contributed by atoms with Gasteiger partial charge in [0.2, 0.25) is 0 Å². The molecular weight excluding hydrogens is 368 g/mol. The first-order chi connectivity index (χ1) is 12.8. The van der Waals surface area contributed by atoms with E-state index in [1.54, 1.807) is 11.0 Å². The van der Waals surface area contributed by atoms with Crippen LogP contribution in [0.25, 0.3) is 0 Å². The Morgan fingerprint density at radius 1 is 1.19 bits per heavy atom. The maximum atomic E-state index is 12.9. The van der Waals surface area contributed by atoms with Gasteiger partial charge in [-0.2, -0.15) is 0 Å². The third-order valence-corrected chi connectivity index (χ3v) is 5.19. The van der Waals surface area contributed by atoms with Crippen LogP contribution in [0.2, 0.25) is 5.02 Å². The number of aromatic nitrogens is 1. The van der Waals surface area contributed by atoms with E-state index in [1.165, 1.54) is 22.9 Å². The molecule has 0 saturated carbocycles. The number of benzene rings is 1. The van der Waals surface area contributed by atoms with Crippen molar-refractivity contribution >= 4 is 23.5 Å². The fourth-order valence-electron chi connectivity index (χ4n) is 3.47. The van der Waals surface area contributed by atoms with E-state index < -0.39 is 11.9 Å². The molecule has 3 rings (SSSR count). The zero-order valence-corrected chi connectivity index (χ0v) is 15.7. The molecule has 1 N–H and O–H groups in total. The van der Waals surface area contributed by atoms with Gasteiger partial charge in [-0.1, -0.05) is 36.7 Å². The van der Waals surface area contributed by atoms with Gasteiger partial charge in [0.25, 0.3) is 11.5 Å². The van der Waals surface area contributed by atoms with E-state index in [2.05, 4.69) is 0 Å². The molecule has 2 heterocycles. The van der Waals surface area contributed by atoms with Crippen molar-refractivity contribution in [2.45, 2.75) is 19.9 Å². The molecule has 0 radical (unpaired) electrons. The van der Waals surface area contributed by atoms with Crippen molar-refractivity contribution < 1.29 is 14.7 Å². The molecular formula is C20H21ClN2O4. The van der Waals surface area contributed by atoms with Gasteiger partial charge < -0.3 is 14.6 Å². The summed E-state index contributed by atoms with van der Waals surface area (Å²) >= 11 is 6.17. The lowest BCUT2D eigenvalue weighted by molar-refractivity contribution is -0.143. The molecule has 0 aliphatic carbocycles. The van der Waals surface area contributed by atoms with Crippen LogP contribution in [0.5, 0.6) is 0 Å². The van der Waals surface area contributed by atoms with Gasteiger partial charge in [-0.25, -0.2) is 0 Å². The Kier molecular flexibility index (Phi) is 5.65. The zero-order chi connectivity index (χ0) is 19.6. The fourth-order valence-corrected chi connectivity index (χ4v) is 3.67. The van der Waals surface area contributed by atoms with E-state index >= 15 is 0 Å². The lowest BCUT2D eigenvalue weighted by atomic mass is 9.90. The molecule has 0 spiro atoms. The lowest BCUT2D eigenvalue weighted by Crippen LogP contribution is -2.45. The maximum Gasteiger partial charge on any atom is 0.308 e. The smallest absolute Gasteiger partial charge is 0.308 e. The van der Waals surface area contributed by atoms with Crippen LogP contribution in [0.15, 0.2) is 47.4 Å². The van der Waals surface area contributed by atoms with E-state index in [0.29, 0.717) is 23.6 Å². The highest BCUT2D eigenvalue weighted by Crippen LogP contribution is 2.23. The Labute approximate surface area is 162 Å². The summed E-state index contributed by atoms with van der Waals surface area (Å²) in [4.78, 5) is 38.0. The minimum Gasteiger partial charge on any atom is -0.481 e. The molecule has 1 aromatic heterocycles. The van der Waals surface area contributed by atoms with E-state index in [-0.39, 0.29) is 30.5 Å². The van der Waals surface area contributed by atoms with Crippen LogP contribution < -0.4 is 5.56 Å². The number of aliphatic carboxylic acids is 1. The molecule has 1 amide bonds. The van der Waals surface area contributed by atoms with Gasteiger partial charge in [-0.05, 0) is 30.0 Å². The number of carboxylic acids is 1. The van der Waals surface area contributed by atoms with Gasteiger partial charge in [-0.3, -0.25) is 14.4 Å². The Balaban J connectivity index is 1.84. The SMILES string of the molecule is CC1CC(C(=O)O)CN(C(=O)c2ccc(=O)n(Cc3ccccc3Cl)c2)C1. The predicted octanol–water partition coefficient (Wildman–Crippen LogP) is 2.73. The molecule has 2 unspecified atom stereocenters. The Bertz CT molecular complexity index is 924. The van der Waals surface area contributed by atoms with Gasteiger partial charge in [0.05, 0.1) is 18.0 Å². The molecule has 2 aromatic rings. The molecule has 6 nitrogen and oxygen atoms in total. The normalized spacial score (nSPS) is 19.7. The van der Waals surface area contributed by atoms with Gasteiger partial charge in [-0.15, -0.1) is 0 Å². The van der Waals surface area contributed by atoms with Crippen molar-refractivity contribution in [2.24, 2.45) is 11.8 Å². The number of piperidine rings is 1. The molecule has 1 fully saturated rings. The number of carboxylic acid groups (broad SMARTS) is 1. The lowest BCUT2D eigenvalue weighted by Gasteiger charge is -2.34. The second-order valence-corrected chi connectivity index (χ2v) is 7.47. The number of amides is 1. The third-order valence-electron chi connectivity index (χ3n) is 4.83. The predicted molar refractivity (Wildman–Crippen MR) is 102 cm³/mol. The number of halogens is 1. The number of hydrogen-bond donors (Lipinski definition) is 1. The molecule has 2 atom stereocenters. The molecule has 27 heavy (non-hydrogen) atoms. The molecule has 142 valence electrons. The van der Waals surface area contributed by atoms with Gasteiger partial charge in [0.15, 0.2) is 0 Å². The molecule has 7 heteroatoms. The monoisotopic (exact) mass is 388 g/mol. The minimum absolute atomic E-state index is 0.109. The zero-order valence-electron chi connectivity index (χ0n) is 15.0. The van der Waals surface area contributed by atoms with E-state index in [1.807, 2.05) is 25.1 Å². The Hall–Kier alpha value is -2.60. The largest absolute Gasteiger partial charge is 0.481 e. The summed E-state index contributed by atoms with van der Waals surface area (Å²) in [5.41, 5.74) is 0.908. The van der Waals surface area contributed by atoms with Crippen molar-refractivity contribution in [1.29, 1.82) is 0 Å². The number of carbonyl (C=O) groups excluding carboxylic acids is 1. The topological polar surface area (TPSA) is 79.6 Å². The molecule has 1 aliphatic rings. The van der Waals surface area contributed by atoms with Crippen LogP contribution in [-0.2, 0) is 11.3 Å². The summed E-state index contributed by atoms with van der Waals surface area (Å²) in [7, 11) is 0. The van der Waals surface area contributed by atoms with Gasteiger partial charge in [0, 0.05) is 30.4 Å². The van der Waals surface area contributed by atoms with E-state index in [4.69, 9.17) is 11.6 Å². The third kappa shape index (κ3) is 4.39. The van der Waals surface area contributed by atoms with Crippen LogP contribution >= 0.6 is 11.6 Å². The highest BCUT2D eigenvalue weighted by molar-refractivity contribution is 6.31. The van der Waals surface area contributed by atoms with Gasteiger partial charge >= 0.3 is 5.97 Å². The van der Waals surface area contributed by atoms with Crippen molar-refractivity contribution in [2.75, 3.05) is 13.1 Å². The van der Waals surface area contributed by atoms with Crippen molar-refractivity contribution in [1.82, 2.24) is 9.47 Å². The number of carbonyl (C=O) groups is 2. The number of pyridine rings is 1. The first-order valence-electron chi connectivity index (χ1n) is 8.81. The average molecular weight is 389 g/mol. The first-order valence-corrected chi connectivity index (χ1v) is 9.19. The maximum absolute atomic E-state index is 12.9. The molecule has 1 saturated heterocycles. The second kappa shape index (κ2) is 7.96. The minimum atomic E-state index is -0.886. The highest BCUT2D eigenvalue weighted by Gasteiger charge is 2.32. The number of likely N-dealkylation sites (tertiary alicyclic amines) is 1. The van der Waals surface area contributed by atoms with Crippen LogP contribution in [0, 0.1) is 11.8 Å². The second-order valence-electron chi connectivity index (χ2n) is 7.06. The van der Waals surface area contributed by atoms with Crippen LogP contribution in [0.3, 0.4) is 0 Å². The van der Waals surface area contributed by atoms with Crippen molar-refractivity contribution in [3.63, 3.8) is 0 Å². The molecule has 1 aromatic carbocycles. The summed E-state index contributed by atoms with van der Waals surface area (Å²) in [6, 6.07) is 10.1. The van der Waals surface area contributed by atoms with Crippen LogP contribution in [0.4, 0.5) is 0 Å².